The number of carboxylic acids is 1. The predicted molar refractivity (Wildman–Crippen MR) is 45.6 cm³/mol. The van der Waals surface area contributed by atoms with E-state index < -0.39 is 5.97 Å². The lowest BCUT2D eigenvalue weighted by molar-refractivity contribution is -0.139. The number of hydrogen-bond donors (Lipinski definition) is 1. The number of hydrogen-bond acceptors (Lipinski definition) is 1. The van der Waals surface area contributed by atoms with Gasteiger partial charge >= 0.3 is 5.97 Å². The Morgan fingerprint density at radius 1 is 1.45 bits per heavy atom. The van der Waals surface area contributed by atoms with Crippen LogP contribution in [0.5, 0.6) is 0 Å². The molecule has 0 bridgehead atoms. The average molecular weight is 158 g/mol. The molecule has 0 saturated heterocycles. The topological polar surface area (TPSA) is 37.3 Å². The molecule has 1 atom stereocenters. The maximum atomic E-state index is 10.4. The Labute approximate surface area is 68.6 Å². The molecular weight excluding hydrogens is 140 g/mol. The van der Waals surface area contributed by atoms with E-state index in [1.165, 1.54) is 0 Å². The van der Waals surface area contributed by atoms with Gasteiger partial charge in [0.1, 0.15) is 0 Å². The summed E-state index contributed by atoms with van der Waals surface area (Å²) in [7, 11) is 0. The third-order valence-corrected chi connectivity index (χ3v) is 2.29. The van der Waals surface area contributed by atoms with Crippen molar-refractivity contribution >= 4 is 5.97 Å². The summed E-state index contributed by atoms with van der Waals surface area (Å²) in [5.41, 5.74) is 0.0145. The van der Waals surface area contributed by atoms with E-state index in [0.717, 1.165) is 19.3 Å². The Kier molecular flexibility index (Phi) is 4.16. The van der Waals surface area contributed by atoms with Crippen LogP contribution in [0.3, 0.4) is 0 Å². The zero-order chi connectivity index (χ0) is 8.91. The van der Waals surface area contributed by atoms with E-state index in [9.17, 15) is 4.79 Å². The molecule has 2 heteroatoms. The molecule has 0 aliphatic rings. The van der Waals surface area contributed by atoms with Crippen LogP contribution in [0.2, 0.25) is 0 Å². The summed E-state index contributed by atoms with van der Waals surface area (Å²) in [6, 6.07) is 0. The fourth-order valence-electron chi connectivity index (χ4n) is 1.36. The first-order valence-corrected chi connectivity index (χ1v) is 4.26. The Bertz CT molecular complexity index is 132. The molecule has 0 spiro atoms. The number of rotatable bonds is 5. The van der Waals surface area contributed by atoms with E-state index in [1.54, 1.807) is 0 Å². The van der Waals surface area contributed by atoms with E-state index in [4.69, 9.17) is 5.11 Å². The molecule has 0 heterocycles. The molecule has 0 saturated carbocycles. The van der Waals surface area contributed by atoms with Crippen LogP contribution in [-0.2, 0) is 4.79 Å². The maximum absolute atomic E-state index is 10.4. The summed E-state index contributed by atoms with van der Waals surface area (Å²) in [6.07, 6.45) is 3.33. The Morgan fingerprint density at radius 2 is 2.00 bits per heavy atom. The highest BCUT2D eigenvalue weighted by molar-refractivity contribution is 5.67. The van der Waals surface area contributed by atoms with E-state index in [-0.39, 0.29) is 5.41 Å². The molecule has 2 nitrogen and oxygen atoms in total. The number of carbonyl (C=O) groups is 1. The summed E-state index contributed by atoms with van der Waals surface area (Å²) in [5.74, 6) is -0.678. The summed E-state index contributed by atoms with van der Waals surface area (Å²) >= 11 is 0. The van der Waals surface area contributed by atoms with Gasteiger partial charge in [0.15, 0.2) is 0 Å². The highest BCUT2D eigenvalue weighted by atomic mass is 16.4. The second-order valence-electron chi connectivity index (χ2n) is 3.48. The smallest absolute Gasteiger partial charge is 0.303 e. The zero-order valence-electron chi connectivity index (χ0n) is 7.68. The molecule has 0 unspecified atom stereocenters. The minimum atomic E-state index is -0.678. The van der Waals surface area contributed by atoms with Crippen molar-refractivity contribution in [3.63, 3.8) is 0 Å². The van der Waals surface area contributed by atoms with Crippen molar-refractivity contribution in [1.29, 1.82) is 0 Å². The lowest BCUT2D eigenvalue weighted by Gasteiger charge is -2.25. The fourth-order valence-corrected chi connectivity index (χ4v) is 1.36. The van der Waals surface area contributed by atoms with E-state index in [1.807, 2.05) is 6.92 Å². The molecule has 0 rings (SSSR count). The van der Waals surface area contributed by atoms with Crippen LogP contribution in [0.1, 0.15) is 46.5 Å². The molecular formula is C9H18O2. The third kappa shape index (κ3) is 4.02. The summed E-state index contributed by atoms with van der Waals surface area (Å²) in [4.78, 5) is 10.4. The normalized spacial score (nSPS) is 15.9. The van der Waals surface area contributed by atoms with Crippen LogP contribution in [0.4, 0.5) is 0 Å². The lowest BCUT2D eigenvalue weighted by Crippen LogP contribution is -2.19. The number of carboxylic acid groups (broad SMARTS) is 1. The van der Waals surface area contributed by atoms with Crippen LogP contribution in [-0.4, -0.2) is 11.1 Å². The second kappa shape index (κ2) is 4.37. The van der Waals surface area contributed by atoms with Crippen LogP contribution in [0.25, 0.3) is 0 Å². The van der Waals surface area contributed by atoms with Gasteiger partial charge in [0, 0.05) is 0 Å². The fraction of sp³-hybridized carbons (Fsp3) is 0.889. The molecule has 1 N–H and O–H groups in total. The minimum absolute atomic E-state index is 0.0145. The van der Waals surface area contributed by atoms with Crippen molar-refractivity contribution in [2.45, 2.75) is 46.5 Å². The largest absolute Gasteiger partial charge is 0.481 e. The summed E-state index contributed by atoms with van der Waals surface area (Å²) < 4.78 is 0. The first kappa shape index (κ1) is 10.5. The van der Waals surface area contributed by atoms with Gasteiger partial charge in [-0.25, -0.2) is 0 Å². The molecule has 11 heavy (non-hydrogen) atoms. The van der Waals surface area contributed by atoms with Crippen molar-refractivity contribution in [3.8, 4) is 0 Å². The van der Waals surface area contributed by atoms with E-state index >= 15 is 0 Å². The summed E-state index contributed by atoms with van der Waals surface area (Å²) in [5, 5.41) is 8.61. The van der Waals surface area contributed by atoms with E-state index in [0.29, 0.717) is 6.42 Å². The molecule has 66 valence electrons. The van der Waals surface area contributed by atoms with Gasteiger partial charge in [-0.1, -0.05) is 33.6 Å². The SMILES string of the molecule is CCC[C@](C)(CC)CC(=O)O. The highest BCUT2D eigenvalue weighted by Gasteiger charge is 2.23. The molecule has 0 amide bonds. The standard InChI is InChI=1S/C9H18O2/c1-4-6-9(3,5-2)7-8(10)11/h4-7H2,1-3H3,(H,10,11)/t9-/m0/s1. The minimum Gasteiger partial charge on any atom is -0.481 e. The second-order valence-corrected chi connectivity index (χ2v) is 3.48. The quantitative estimate of drug-likeness (QED) is 0.668. The van der Waals surface area contributed by atoms with Gasteiger partial charge in [-0.05, 0) is 11.8 Å². The first-order chi connectivity index (χ1) is 5.04. The molecule has 0 aromatic carbocycles. The molecule has 0 radical (unpaired) electrons. The van der Waals surface area contributed by atoms with Crippen molar-refractivity contribution in [2.75, 3.05) is 0 Å². The average Bonchev–Trinajstić information content (AvgIpc) is 1.87. The van der Waals surface area contributed by atoms with Gasteiger partial charge in [-0.2, -0.15) is 0 Å². The molecule has 0 fully saturated rings. The maximum Gasteiger partial charge on any atom is 0.303 e. The first-order valence-electron chi connectivity index (χ1n) is 4.26. The van der Waals surface area contributed by atoms with Gasteiger partial charge in [0.2, 0.25) is 0 Å². The monoisotopic (exact) mass is 158 g/mol. The van der Waals surface area contributed by atoms with Gasteiger partial charge in [-0.15, -0.1) is 0 Å². The predicted octanol–water partition coefficient (Wildman–Crippen LogP) is 2.68. The van der Waals surface area contributed by atoms with Crippen LogP contribution in [0.15, 0.2) is 0 Å². The van der Waals surface area contributed by atoms with Gasteiger partial charge in [-0.3, -0.25) is 4.79 Å². The van der Waals surface area contributed by atoms with Crippen LogP contribution >= 0.6 is 0 Å². The van der Waals surface area contributed by atoms with Crippen molar-refractivity contribution in [1.82, 2.24) is 0 Å². The van der Waals surface area contributed by atoms with Crippen LogP contribution < -0.4 is 0 Å². The Hall–Kier alpha value is -0.530. The number of aliphatic carboxylic acids is 1. The molecule has 0 aliphatic carbocycles. The highest BCUT2D eigenvalue weighted by Crippen LogP contribution is 2.30. The Balaban J connectivity index is 3.98. The van der Waals surface area contributed by atoms with Crippen LogP contribution in [0, 0.1) is 5.41 Å². The lowest BCUT2D eigenvalue weighted by atomic mass is 9.80. The van der Waals surface area contributed by atoms with E-state index in [2.05, 4.69) is 13.8 Å². The Morgan fingerprint density at radius 3 is 2.27 bits per heavy atom. The van der Waals surface area contributed by atoms with Gasteiger partial charge < -0.3 is 5.11 Å². The third-order valence-electron chi connectivity index (χ3n) is 2.29. The zero-order valence-corrected chi connectivity index (χ0v) is 7.68. The molecule has 0 aromatic rings. The van der Waals surface area contributed by atoms with Crippen molar-refractivity contribution in [3.05, 3.63) is 0 Å². The van der Waals surface area contributed by atoms with Gasteiger partial charge in [0.25, 0.3) is 0 Å². The van der Waals surface area contributed by atoms with Gasteiger partial charge in [0.05, 0.1) is 6.42 Å². The van der Waals surface area contributed by atoms with Crippen molar-refractivity contribution < 1.29 is 9.90 Å². The molecule has 0 aromatic heterocycles. The molecule has 0 aliphatic heterocycles. The summed E-state index contributed by atoms with van der Waals surface area (Å²) in [6.45, 7) is 6.19. The van der Waals surface area contributed by atoms with Crippen molar-refractivity contribution in [2.24, 2.45) is 5.41 Å².